The van der Waals surface area contributed by atoms with Gasteiger partial charge >= 0.3 is 0 Å². The van der Waals surface area contributed by atoms with Crippen molar-refractivity contribution in [3.05, 3.63) is 34.9 Å². The fourth-order valence-electron chi connectivity index (χ4n) is 3.01. The van der Waals surface area contributed by atoms with Gasteiger partial charge in [-0.2, -0.15) is 0 Å². The lowest BCUT2D eigenvalue weighted by Crippen LogP contribution is -2.43. The first-order valence-electron chi connectivity index (χ1n) is 6.43. The molecule has 2 N–H and O–H groups in total. The zero-order valence-electron chi connectivity index (χ0n) is 10.6. The maximum absolute atomic E-state index is 6.49. The van der Waals surface area contributed by atoms with Crippen LogP contribution >= 0.6 is 0 Å². The molecule has 1 aliphatic carbocycles. The molecule has 1 heteroatoms. The lowest BCUT2D eigenvalue weighted by molar-refractivity contribution is 0.294. The molecule has 1 aromatic carbocycles. The van der Waals surface area contributed by atoms with Crippen molar-refractivity contribution in [1.29, 1.82) is 0 Å². The van der Waals surface area contributed by atoms with Gasteiger partial charge in [0.05, 0.1) is 0 Å². The quantitative estimate of drug-likeness (QED) is 0.806. The van der Waals surface area contributed by atoms with Gasteiger partial charge in [-0.05, 0) is 38.7 Å². The molecule has 0 unspecified atom stereocenters. The van der Waals surface area contributed by atoms with E-state index in [2.05, 4.69) is 32.0 Å². The molecule has 0 spiro atoms. The van der Waals surface area contributed by atoms with E-state index in [1.807, 2.05) is 0 Å². The molecule has 0 aromatic heterocycles. The maximum atomic E-state index is 6.49. The van der Waals surface area contributed by atoms with E-state index in [0.717, 1.165) is 6.42 Å². The Balaban J connectivity index is 2.13. The molecule has 0 aliphatic heterocycles. The van der Waals surface area contributed by atoms with Crippen LogP contribution in [0.2, 0.25) is 0 Å². The summed E-state index contributed by atoms with van der Waals surface area (Å²) in [6.45, 7) is 4.33. The minimum Gasteiger partial charge on any atom is -0.325 e. The van der Waals surface area contributed by atoms with Gasteiger partial charge in [0.1, 0.15) is 0 Å². The van der Waals surface area contributed by atoms with Gasteiger partial charge in [-0.25, -0.2) is 0 Å². The molecule has 16 heavy (non-hydrogen) atoms. The average Bonchev–Trinajstić information content (AvgIpc) is 2.15. The summed E-state index contributed by atoms with van der Waals surface area (Å²) in [4.78, 5) is 0. The van der Waals surface area contributed by atoms with Crippen LogP contribution in [-0.2, 0) is 6.42 Å². The SMILES string of the molecule is Cc1cc(C)cc(CC2(N)CCCCC2)c1. The van der Waals surface area contributed by atoms with Crippen LogP contribution in [0.4, 0.5) is 0 Å². The average molecular weight is 217 g/mol. The van der Waals surface area contributed by atoms with Crippen molar-refractivity contribution < 1.29 is 0 Å². The fourth-order valence-corrected chi connectivity index (χ4v) is 3.01. The van der Waals surface area contributed by atoms with Crippen molar-refractivity contribution in [3.63, 3.8) is 0 Å². The van der Waals surface area contributed by atoms with E-state index in [1.54, 1.807) is 0 Å². The summed E-state index contributed by atoms with van der Waals surface area (Å²) in [6.07, 6.45) is 7.42. The standard InChI is InChI=1S/C15H23N/c1-12-8-13(2)10-14(9-12)11-15(16)6-4-3-5-7-15/h8-10H,3-7,11,16H2,1-2H3. The number of hydrogen-bond donors (Lipinski definition) is 1. The molecule has 0 heterocycles. The third-order valence-corrected chi connectivity index (χ3v) is 3.69. The highest BCUT2D eigenvalue weighted by molar-refractivity contribution is 5.29. The number of benzene rings is 1. The van der Waals surface area contributed by atoms with E-state index in [1.165, 1.54) is 48.8 Å². The first kappa shape index (κ1) is 11.7. The maximum Gasteiger partial charge on any atom is 0.0195 e. The highest BCUT2D eigenvalue weighted by atomic mass is 14.7. The smallest absolute Gasteiger partial charge is 0.0195 e. The zero-order chi connectivity index (χ0) is 11.6. The van der Waals surface area contributed by atoms with Crippen LogP contribution in [0.1, 0.15) is 48.8 Å². The van der Waals surface area contributed by atoms with Gasteiger partial charge in [0.2, 0.25) is 0 Å². The molecule has 0 atom stereocenters. The Kier molecular flexibility index (Phi) is 3.34. The van der Waals surface area contributed by atoms with Crippen LogP contribution in [0.5, 0.6) is 0 Å². The van der Waals surface area contributed by atoms with Gasteiger partial charge in [0, 0.05) is 5.54 Å². The first-order valence-corrected chi connectivity index (χ1v) is 6.43. The van der Waals surface area contributed by atoms with Crippen molar-refractivity contribution in [1.82, 2.24) is 0 Å². The molecule has 0 bridgehead atoms. The summed E-state index contributed by atoms with van der Waals surface area (Å²) in [5.74, 6) is 0. The van der Waals surface area contributed by atoms with Crippen LogP contribution < -0.4 is 5.73 Å². The predicted octanol–water partition coefficient (Wildman–Crippen LogP) is 3.51. The fraction of sp³-hybridized carbons (Fsp3) is 0.600. The number of nitrogens with two attached hydrogens (primary N) is 1. The van der Waals surface area contributed by atoms with E-state index < -0.39 is 0 Å². The normalized spacial score (nSPS) is 19.7. The van der Waals surface area contributed by atoms with Crippen molar-refractivity contribution in [2.45, 2.75) is 57.9 Å². The number of aryl methyl sites for hydroxylation is 2. The molecule has 1 fully saturated rings. The summed E-state index contributed by atoms with van der Waals surface area (Å²) in [7, 11) is 0. The third kappa shape index (κ3) is 2.85. The second-order valence-corrected chi connectivity index (χ2v) is 5.60. The van der Waals surface area contributed by atoms with Crippen LogP contribution in [0, 0.1) is 13.8 Å². The third-order valence-electron chi connectivity index (χ3n) is 3.69. The zero-order valence-corrected chi connectivity index (χ0v) is 10.6. The van der Waals surface area contributed by atoms with Gasteiger partial charge in [0.15, 0.2) is 0 Å². The predicted molar refractivity (Wildman–Crippen MR) is 69.6 cm³/mol. The lowest BCUT2D eigenvalue weighted by Gasteiger charge is -2.33. The summed E-state index contributed by atoms with van der Waals surface area (Å²) in [5, 5.41) is 0. The summed E-state index contributed by atoms with van der Waals surface area (Å²) < 4.78 is 0. The Hall–Kier alpha value is -0.820. The minimum atomic E-state index is 0.0679. The van der Waals surface area contributed by atoms with E-state index in [0.29, 0.717) is 0 Å². The van der Waals surface area contributed by atoms with Crippen molar-refractivity contribution >= 4 is 0 Å². The molecular formula is C15H23N. The van der Waals surface area contributed by atoms with Crippen LogP contribution in [0.3, 0.4) is 0 Å². The largest absolute Gasteiger partial charge is 0.325 e. The number of hydrogen-bond acceptors (Lipinski definition) is 1. The highest BCUT2D eigenvalue weighted by Crippen LogP contribution is 2.29. The van der Waals surface area contributed by atoms with Gasteiger partial charge in [-0.15, -0.1) is 0 Å². The first-order chi connectivity index (χ1) is 7.57. The van der Waals surface area contributed by atoms with E-state index >= 15 is 0 Å². The molecule has 1 saturated carbocycles. The summed E-state index contributed by atoms with van der Waals surface area (Å²) in [6, 6.07) is 6.81. The van der Waals surface area contributed by atoms with Crippen molar-refractivity contribution in [2.75, 3.05) is 0 Å². The Labute approximate surface area is 99.0 Å². The molecule has 0 radical (unpaired) electrons. The monoisotopic (exact) mass is 217 g/mol. The van der Waals surface area contributed by atoms with Crippen molar-refractivity contribution in [2.24, 2.45) is 5.73 Å². The summed E-state index contributed by atoms with van der Waals surface area (Å²) in [5.41, 5.74) is 10.7. The Morgan fingerprint density at radius 3 is 2.12 bits per heavy atom. The van der Waals surface area contributed by atoms with Gasteiger partial charge in [-0.1, -0.05) is 48.6 Å². The molecule has 1 nitrogen and oxygen atoms in total. The van der Waals surface area contributed by atoms with E-state index in [-0.39, 0.29) is 5.54 Å². The lowest BCUT2D eigenvalue weighted by atomic mass is 9.78. The second-order valence-electron chi connectivity index (χ2n) is 5.60. The molecule has 2 rings (SSSR count). The van der Waals surface area contributed by atoms with E-state index in [4.69, 9.17) is 5.73 Å². The topological polar surface area (TPSA) is 26.0 Å². The van der Waals surface area contributed by atoms with Crippen LogP contribution in [0.15, 0.2) is 18.2 Å². The molecule has 88 valence electrons. The van der Waals surface area contributed by atoms with E-state index in [9.17, 15) is 0 Å². The summed E-state index contributed by atoms with van der Waals surface area (Å²) >= 11 is 0. The van der Waals surface area contributed by atoms with Crippen LogP contribution in [0.25, 0.3) is 0 Å². The Bertz CT molecular complexity index is 341. The minimum absolute atomic E-state index is 0.0679. The Morgan fingerprint density at radius 2 is 1.56 bits per heavy atom. The molecule has 0 saturated heterocycles. The molecule has 1 aromatic rings. The highest BCUT2D eigenvalue weighted by Gasteiger charge is 2.27. The van der Waals surface area contributed by atoms with Gasteiger partial charge in [0.25, 0.3) is 0 Å². The van der Waals surface area contributed by atoms with Gasteiger partial charge in [-0.3, -0.25) is 0 Å². The second kappa shape index (κ2) is 4.58. The molecular weight excluding hydrogens is 194 g/mol. The molecule has 1 aliphatic rings. The van der Waals surface area contributed by atoms with Crippen molar-refractivity contribution in [3.8, 4) is 0 Å². The van der Waals surface area contributed by atoms with Crippen LogP contribution in [-0.4, -0.2) is 5.54 Å². The number of rotatable bonds is 2. The van der Waals surface area contributed by atoms with Gasteiger partial charge < -0.3 is 5.73 Å². The molecule has 0 amide bonds. The Morgan fingerprint density at radius 1 is 1.00 bits per heavy atom.